The molecule has 0 amide bonds. The number of nitrogens with zero attached hydrogens (tertiary/aromatic N) is 1. The zero-order valence-corrected chi connectivity index (χ0v) is 13.8. The minimum absolute atomic E-state index is 0.488. The second-order valence-electron chi connectivity index (χ2n) is 7.13. The van der Waals surface area contributed by atoms with Gasteiger partial charge in [-0.3, -0.25) is 0 Å². The summed E-state index contributed by atoms with van der Waals surface area (Å²) in [6.45, 7) is 13.4. The number of thiol groups is 1. The van der Waals surface area contributed by atoms with Crippen LogP contribution in [-0.4, -0.2) is 30.3 Å². The molecule has 0 aromatic rings. The molecular weight excluding hydrogens is 238 g/mol. The lowest BCUT2D eigenvalue weighted by Gasteiger charge is -2.30. The molecule has 0 aliphatic carbocycles. The van der Waals surface area contributed by atoms with Crippen LogP contribution < -0.4 is 0 Å². The van der Waals surface area contributed by atoms with Crippen molar-refractivity contribution in [3.05, 3.63) is 0 Å². The van der Waals surface area contributed by atoms with Gasteiger partial charge in [0.1, 0.15) is 0 Å². The topological polar surface area (TPSA) is 3.24 Å². The van der Waals surface area contributed by atoms with Crippen molar-refractivity contribution in [1.82, 2.24) is 4.90 Å². The van der Waals surface area contributed by atoms with Gasteiger partial charge < -0.3 is 4.90 Å². The SMILES string of the molecule is CCCC(CS)CN1CCCC(C(C)(C)C)CC1. The Morgan fingerprint density at radius 1 is 1.22 bits per heavy atom. The Morgan fingerprint density at radius 2 is 1.94 bits per heavy atom. The standard InChI is InChI=1S/C16H33NS/c1-5-7-14(13-18)12-17-10-6-8-15(9-11-17)16(2,3)4/h14-15,18H,5-13H2,1-4H3. The van der Waals surface area contributed by atoms with Gasteiger partial charge in [-0.2, -0.15) is 12.6 Å². The van der Waals surface area contributed by atoms with Gasteiger partial charge >= 0.3 is 0 Å². The van der Waals surface area contributed by atoms with Gasteiger partial charge in [-0.1, -0.05) is 34.1 Å². The van der Waals surface area contributed by atoms with Gasteiger partial charge in [-0.15, -0.1) is 0 Å². The van der Waals surface area contributed by atoms with Crippen LogP contribution in [0.5, 0.6) is 0 Å². The van der Waals surface area contributed by atoms with E-state index in [4.69, 9.17) is 0 Å². The third kappa shape index (κ3) is 5.52. The van der Waals surface area contributed by atoms with Crippen LogP contribution in [0, 0.1) is 17.3 Å². The molecule has 0 spiro atoms. The Balaban J connectivity index is 2.41. The first-order valence-corrected chi connectivity index (χ1v) is 8.43. The van der Waals surface area contributed by atoms with Gasteiger partial charge in [0.15, 0.2) is 0 Å². The van der Waals surface area contributed by atoms with Gasteiger partial charge in [0.25, 0.3) is 0 Å². The fraction of sp³-hybridized carbons (Fsp3) is 1.00. The average molecular weight is 272 g/mol. The third-order valence-corrected chi connectivity index (χ3v) is 5.03. The van der Waals surface area contributed by atoms with Crippen LogP contribution in [0.1, 0.15) is 59.8 Å². The van der Waals surface area contributed by atoms with E-state index in [-0.39, 0.29) is 0 Å². The van der Waals surface area contributed by atoms with Crippen molar-refractivity contribution in [2.45, 2.75) is 59.8 Å². The molecule has 1 aliphatic heterocycles. The van der Waals surface area contributed by atoms with Gasteiger partial charge in [0, 0.05) is 6.54 Å². The molecule has 0 saturated carbocycles. The smallest absolute Gasteiger partial charge is 0.00175 e. The molecule has 18 heavy (non-hydrogen) atoms. The molecule has 2 heteroatoms. The molecule has 1 heterocycles. The first-order valence-electron chi connectivity index (χ1n) is 7.80. The summed E-state index contributed by atoms with van der Waals surface area (Å²) in [5, 5.41) is 0. The lowest BCUT2D eigenvalue weighted by atomic mass is 9.77. The predicted octanol–water partition coefficient (Wildman–Crippen LogP) is 4.48. The number of rotatable bonds is 5. The van der Waals surface area contributed by atoms with Crippen molar-refractivity contribution < 1.29 is 0 Å². The van der Waals surface area contributed by atoms with Gasteiger partial charge in [0.05, 0.1) is 0 Å². The van der Waals surface area contributed by atoms with Crippen molar-refractivity contribution in [2.75, 3.05) is 25.4 Å². The lowest BCUT2D eigenvalue weighted by molar-refractivity contribution is 0.200. The van der Waals surface area contributed by atoms with Crippen molar-refractivity contribution in [1.29, 1.82) is 0 Å². The highest BCUT2D eigenvalue weighted by molar-refractivity contribution is 7.80. The molecule has 0 N–H and O–H groups in total. The van der Waals surface area contributed by atoms with E-state index in [0.717, 1.165) is 17.6 Å². The maximum Gasteiger partial charge on any atom is 0.00175 e. The Morgan fingerprint density at radius 3 is 2.50 bits per heavy atom. The monoisotopic (exact) mass is 271 g/mol. The van der Waals surface area contributed by atoms with Crippen molar-refractivity contribution in [3.63, 3.8) is 0 Å². The Hall–Kier alpha value is 0.310. The van der Waals surface area contributed by atoms with Crippen molar-refractivity contribution in [2.24, 2.45) is 17.3 Å². The molecular formula is C16H33NS. The minimum Gasteiger partial charge on any atom is -0.303 e. The van der Waals surface area contributed by atoms with Crippen LogP contribution >= 0.6 is 12.6 Å². The first-order chi connectivity index (χ1) is 8.47. The van der Waals surface area contributed by atoms with Crippen LogP contribution in [0.15, 0.2) is 0 Å². The van der Waals surface area contributed by atoms with E-state index in [9.17, 15) is 0 Å². The molecule has 1 saturated heterocycles. The molecule has 0 aromatic heterocycles. The summed E-state index contributed by atoms with van der Waals surface area (Å²) in [5.41, 5.74) is 0.488. The quantitative estimate of drug-likeness (QED) is 0.722. The average Bonchev–Trinajstić information content (AvgIpc) is 2.53. The van der Waals surface area contributed by atoms with Crippen molar-refractivity contribution in [3.8, 4) is 0 Å². The minimum atomic E-state index is 0.488. The molecule has 1 fully saturated rings. The summed E-state index contributed by atoms with van der Waals surface area (Å²) in [6.07, 6.45) is 6.81. The Labute approximate surface area is 120 Å². The third-order valence-electron chi connectivity index (χ3n) is 4.52. The maximum atomic E-state index is 4.51. The van der Waals surface area contributed by atoms with Crippen LogP contribution in [0.4, 0.5) is 0 Å². The Bertz CT molecular complexity index is 222. The van der Waals surface area contributed by atoms with Gasteiger partial charge in [0.2, 0.25) is 0 Å². The molecule has 1 rings (SSSR count). The summed E-state index contributed by atoms with van der Waals surface area (Å²) in [4.78, 5) is 2.70. The van der Waals surface area contributed by atoms with Crippen LogP contribution in [-0.2, 0) is 0 Å². The second-order valence-corrected chi connectivity index (χ2v) is 7.50. The van der Waals surface area contributed by atoms with E-state index in [2.05, 4.69) is 45.2 Å². The molecule has 108 valence electrons. The van der Waals surface area contributed by atoms with E-state index < -0.39 is 0 Å². The van der Waals surface area contributed by atoms with Gasteiger partial charge in [-0.05, 0) is 61.8 Å². The van der Waals surface area contributed by atoms with E-state index in [1.807, 2.05) is 0 Å². The molecule has 0 aromatic carbocycles. The summed E-state index contributed by atoms with van der Waals surface area (Å²) >= 11 is 4.51. The first kappa shape index (κ1) is 16.4. The number of hydrogen-bond acceptors (Lipinski definition) is 2. The van der Waals surface area contributed by atoms with Crippen LogP contribution in [0.25, 0.3) is 0 Å². The van der Waals surface area contributed by atoms with E-state index in [1.165, 1.54) is 51.7 Å². The van der Waals surface area contributed by atoms with Gasteiger partial charge in [-0.25, -0.2) is 0 Å². The van der Waals surface area contributed by atoms with Crippen LogP contribution in [0.3, 0.4) is 0 Å². The highest BCUT2D eigenvalue weighted by Gasteiger charge is 2.27. The molecule has 2 atom stereocenters. The normalized spacial score (nSPS) is 24.8. The summed E-state index contributed by atoms with van der Waals surface area (Å²) < 4.78 is 0. The summed E-state index contributed by atoms with van der Waals surface area (Å²) in [5.74, 6) is 2.75. The molecule has 1 aliphatic rings. The fourth-order valence-electron chi connectivity index (χ4n) is 3.22. The molecule has 0 bridgehead atoms. The molecule has 2 unspecified atom stereocenters. The largest absolute Gasteiger partial charge is 0.303 e. The fourth-order valence-corrected chi connectivity index (χ4v) is 3.52. The van der Waals surface area contributed by atoms with Crippen LogP contribution in [0.2, 0.25) is 0 Å². The highest BCUT2D eigenvalue weighted by atomic mass is 32.1. The number of likely N-dealkylation sites (tertiary alicyclic amines) is 1. The zero-order chi connectivity index (χ0) is 13.6. The second kappa shape index (κ2) is 7.79. The van der Waals surface area contributed by atoms with Crippen molar-refractivity contribution >= 4 is 12.6 Å². The summed E-state index contributed by atoms with van der Waals surface area (Å²) in [6, 6.07) is 0. The van der Waals surface area contributed by atoms with E-state index in [1.54, 1.807) is 0 Å². The molecule has 1 nitrogen and oxygen atoms in total. The number of hydrogen-bond donors (Lipinski definition) is 1. The van der Waals surface area contributed by atoms with E-state index >= 15 is 0 Å². The maximum absolute atomic E-state index is 4.51. The van der Waals surface area contributed by atoms with E-state index in [0.29, 0.717) is 5.41 Å². The zero-order valence-electron chi connectivity index (χ0n) is 12.9. The Kier molecular flexibility index (Phi) is 7.08. The summed E-state index contributed by atoms with van der Waals surface area (Å²) in [7, 11) is 0. The highest BCUT2D eigenvalue weighted by Crippen LogP contribution is 2.34. The molecule has 0 radical (unpaired) electrons. The lowest BCUT2D eigenvalue weighted by Crippen LogP contribution is -2.32. The predicted molar refractivity (Wildman–Crippen MR) is 85.5 cm³/mol.